The molecule has 4 nitrogen and oxygen atoms in total. The highest BCUT2D eigenvalue weighted by molar-refractivity contribution is 7.10. The number of amides is 1. The summed E-state index contributed by atoms with van der Waals surface area (Å²) in [4.78, 5) is 19.9. The maximum absolute atomic E-state index is 12.8. The summed E-state index contributed by atoms with van der Waals surface area (Å²) in [6.07, 6.45) is 7.55. The molecule has 0 aliphatic carbocycles. The lowest BCUT2D eigenvalue weighted by Crippen LogP contribution is -2.42. The minimum absolute atomic E-state index is 0.0588. The first-order valence-electron chi connectivity index (χ1n) is 8.21. The molecular weight excluding hydrogens is 320 g/mol. The van der Waals surface area contributed by atoms with Gasteiger partial charge >= 0.3 is 0 Å². The van der Waals surface area contributed by atoms with Gasteiger partial charge in [0.1, 0.15) is 0 Å². The molecule has 24 heavy (non-hydrogen) atoms. The number of pyridine rings is 1. The molecule has 1 amide bonds. The lowest BCUT2D eigenvalue weighted by molar-refractivity contribution is -0.132. The van der Waals surface area contributed by atoms with Crippen LogP contribution in [0.25, 0.3) is 0 Å². The lowest BCUT2D eigenvalue weighted by atomic mass is 10.0. The fourth-order valence-corrected chi connectivity index (χ4v) is 3.88. The Bertz CT molecular complexity index is 657. The van der Waals surface area contributed by atoms with Crippen LogP contribution in [0.1, 0.15) is 16.9 Å². The third kappa shape index (κ3) is 4.10. The van der Waals surface area contributed by atoms with Crippen molar-refractivity contribution in [3.63, 3.8) is 0 Å². The van der Waals surface area contributed by atoms with Gasteiger partial charge in [0.25, 0.3) is 0 Å². The van der Waals surface area contributed by atoms with E-state index in [0.29, 0.717) is 13.0 Å². The van der Waals surface area contributed by atoms with Crippen LogP contribution in [0, 0.1) is 0 Å². The molecule has 0 bridgehead atoms. The number of nitrogens with zero attached hydrogens (tertiary/aromatic N) is 2. The quantitative estimate of drug-likeness (QED) is 0.726. The van der Waals surface area contributed by atoms with E-state index in [0.717, 1.165) is 24.3 Å². The second-order valence-electron chi connectivity index (χ2n) is 5.92. The van der Waals surface area contributed by atoms with Crippen molar-refractivity contribution in [1.29, 1.82) is 0 Å². The fraction of sp³-hybridized carbons (Fsp3) is 0.368. The number of rotatable bonds is 7. The van der Waals surface area contributed by atoms with Crippen molar-refractivity contribution >= 4 is 17.2 Å². The van der Waals surface area contributed by atoms with Gasteiger partial charge in [0.2, 0.25) is 5.91 Å². The summed E-state index contributed by atoms with van der Waals surface area (Å²) in [6, 6.07) is 8.08. The first-order chi connectivity index (χ1) is 11.8. The van der Waals surface area contributed by atoms with Crippen LogP contribution < -0.4 is 0 Å². The topological polar surface area (TPSA) is 42.4 Å². The predicted molar refractivity (Wildman–Crippen MR) is 96.0 cm³/mol. The second kappa shape index (κ2) is 8.22. The van der Waals surface area contributed by atoms with E-state index in [2.05, 4.69) is 11.6 Å². The normalized spacial score (nSPS) is 20.2. The average molecular weight is 342 g/mol. The summed E-state index contributed by atoms with van der Waals surface area (Å²) in [5.74, 6) is 0.182. The Morgan fingerprint density at radius 2 is 2.25 bits per heavy atom. The van der Waals surface area contributed by atoms with Gasteiger partial charge in [-0.25, -0.2) is 0 Å². The van der Waals surface area contributed by atoms with E-state index in [1.807, 2.05) is 34.5 Å². The number of aromatic nitrogens is 1. The Labute approximate surface area is 146 Å². The molecule has 0 unspecified atom stereocenters. The van der Waals surface area contributed by atoms with E-state index in [1.165, 1.54) is 5.56 Å². The maximum Gasteiger partial charge on any atom is 0.228 e. The molecule has 2 aromatic heterocycles. The number of thiophene rings is 1. The van der Waals surface area contributed by atoms with Gasteiger partial charge in [0.15, 0.2) is 0 Å². The second-order valence-corrected chi connectivity index (χ2v) is 6.95. The molecule has 2 atom stereocenters. The average Bonchev–Trinajstić information content (AvgIpc) is 3.24. The summed E-state index contributed by atoms with van der Waals surface area (Å²) < 4.78 is 5.93. The molecule has 1 aliphatic heterocycles. The number of hydrogen-bond donors (Lipinski definition) is 0. The zero-order valence-corrected chi connectivity index (χ0v) is 14.5. The molecule has 5 heteroatoms. The highest BCUT2D eigenvalue weighted by atomic mass is 32.1. The standard InChI is InChI=1S/C19H22N2O2S/c1-2-11-23-18-7-10-21(19(22)14-16-4-3-12-24-16)17(18)13-15-5-8-20-9-6-15/h2-6,8-9,12,17-18H,1,7,10-11,13-14H2/t17-,18-/m0/s1. The molecule has 1 fully saturated rings. The van der Waals surface area contributed by atoms with Crippen LogP contribution in [0.15, 0.2) is 54.7 Å². The third-order valence-corrected chi connectivity index (χ3v) is 5.21. The summed E-state index contributed by atoms with van der Waals surface area (Å²) in [7, 11) is 0. The maximum atomic E-state index is 12.8. The Morgan fingerprint density at radius 3 is 2.96 bits per heavy atom. The van der Waals surface area contributed by atoms with Crippen LogP contribution in [0.2, 0.25) is 0 Å². The van der Waals surface area contributed by atoms with Crippen LogP contribution in [0.3, 0.4) is 0 Å². The van der Waals surface area contributed by atoms with Gasteiger partial charge in [0, 0.05) is 23.8 Å². The number of likely N-dealkylation sites (tertiary alicyclic amines) is 1. The number of carbonyl (C=O) groups excluding carboxylic acids is 1. The Hall–Kier alpha value is -1.98. The lowest BCUT2D eigenvalue weighted by Gasteiger charge is -2.28. The van der Waals surface area contributed by atoms with Gasteiger partial charge in [-0.15, -0.1) is 17.9 Å². The van der Waals surface area contributed by atoms with Crippen molar-refractivity contribution in [2.75, 3.05) is 13.2 Å². The van der Waals surface area contributed by atoms with E-state index in [-0.39, 0.29) is 18.1 Å². The van der Waals surface area contributed by atoms with Gasteiger partial charge in [-0.3, -0.25) is 9.78 Å². The summed E-state index contributed by atoms with van der Waals surface area (Å²) >= 11 is 1.63. The SMILES string of the molecule is C=CCO[C@H]1CCN(C(=O)Cc2cccs2)[C@H]1Cc1ccncc1. The molecule has 0 radical (unpaired) electrons. The summed E-state index contributed by atoms with van der Waals surface area (Å²) in [5.41, 5.74) is 1.18. The molecule has 0 saturated carbocycles. The molecule has 126 valence electrons. The number of hydrogen-bond acceptors (Lipinski definition) is 4. The van der Waals surface area contributed by atoms with Gasteiger partial charge in [-0.2, -0.15) is 0 Å². The van der Waals surface area contributed by atoms with Crippen molar-refractivity contribution < 1.29 is 9.53 Å². The van der Waals surface area contributed by atoms with Gasteiger partial charge < -0.3 is 9.64 Å². The zero-order valence-electron chi connectivity index (χ0n) is 13.6. The van der Waals surface area contributed by atoms with Crippen LogP contribution in [-0.2, 0) is 22.4 Å². The van der Waals surface area contributed by atoms with Crippen molar-refractivity contribution in [3.8, 4) is 0 Å². The molecule has 2 aromatic rings. The monoisotopic (exact) mass is 342 g/mol. The molecule has 3 rings (SSSR count). The third-order valence-electron chi connectivity index (χ3n) is 4.33. The van der Waals surface area contributed by atoms with Crippen molar-refractivity contribution in [2.45, 2.75) is 31.4 Å². The highest BCUT2D eigenvalue weighted by Crippen LogP contribution is 2.26. The number of carbonyl (C=O) groups is 1. The molecule has 0 spiro atoms. The van der Waals surface area contributed by atoms with Crippen LogP contribution in [-0.4, -0.2) is 41.1 Å². The minimum Gasteiger partial charge on any atom is -0.372 e. The van der Waals surface area contributed by atoms with E-state index in [1.54, 1.807) is 29.8 Å². The van der Waals surface area contributed by atoms with Crippen LogP contribution >= 0.6 is 11.3 Å². The van der Waals surface area contributed by atoms with Gasteiger partial charge in [-0.1, -0.05) is 12.1 Å². The molecule has 1 saturated heterocycles. The molecular formula is C19H22N2O2S. The van der Waals surface area contributed by atoms with Gasteiger partial charge in [0.05, 0.1) is 25.2 Å². The van der Waals surface area contributed by atoms with E-state index in [9.17, 15) is 4.79 Å². The number of ether oxygens (including phenoxy) is 1. The smallest absolute Gasteiger partial charge is 0.228 e. The fourth-order valence-electron chi connectivity index (χ4n) is 3.19. The van der Waals surface area contributed by atoms with Crippen molar-refractivity contribution in [1.82, 2.24) is 9.88 Å². The van der Waals surface area contributed by atoms with E-state index < -0.39 is 0 Å². The van der Waals surface area contributed by atoms with Crippen molar-refractivity contribution in [2.24, 2.45) is 0 Å². The first-order valence-corrected chi connectivity index (χ1v) is 9.09. The first kappa shape index (κ1) is 16.9. The molecule has 0 aromatic carbocycles. The molecule has 1 aliphatic rings. The largest absolute Gasteiger partial charge is 0.372 e. The van der Waals surface area contributed by atoms with Gasteiger partial charge in [-0.05, 0) is 42.0 Å². The van der Waals surface area contributed by atoms with E-state index in [4.69, 9.17) is 4.74 Å². The Balaban J connectivity index is 1.73. The summed E-state index contributed by atoms with van der Waals surface area (Å²) in [6.45, 7) is 4.99. The van der Waals surface area contributed by atoms with Crippen molar-refractivity contribution in [3.05, 3.63) is 65.1 Å². The minimum atomic E-state index is 0.0588. The predicted octanol–water partition coefficient (Wildman–Crippen LogP) is 3.10. The van der Waals surface area contributed by atoms with Crippen LogP contribution in [0.5, 0.6) is 0 Å². The van der Waals surface area contributed by atoms with Crippen LogP contribution in [0.4, 0.5) is 0 Å². The zero-order chi connectivity index (χ0) is 16.8. The Morgan fingerprint density at radius 1 is 1.42 bits per heavy atom. The highest BCUT2D eigenvalue weighted by Gasteiger charge is 2.37. The summed E-state index contributed by atoms with van der Waals surface area (Å²) in [5, 5.41) is 2.01. The Kier molecular flexibility index (Phi) is 5.77. The van der Waals surface area contributed by atoms with E-state index >= 15 is 0 Å². The molecule has 0 N–H and O–H groups in total. The molecule has 3 heterocycles.